The highest BCUT2D eigenvalue weighted by molar-refractivity contribution is 5.79. The molecule has 0 bridgehead atoms. The van der Waals surface area contributed by atoms with Crippen molar-refractivity contribution in [2.75, 3.05) is 26.2 Å². The third kappa shape index (κ3) is 7.86. The van der Waals surface area contributed by atoms with E-state index in [2.05, 4.69) is 79.1 Å². The van der Waals surface area contributed by atoms with Gasteiger partial charge in [0, 0.05) is 44.1 Å². The third-order valence-electron chi connectivity index (χ3n) is 3.93. The van der Waals surface area contributed by atoms with Crippen LogP contribution in [0.15, 0.2) is 9.52 Å². The third-order valence-corrected chi connectivity index (χ3v) is 3.93. The minimum atomic E-state index is 0.286. The molecule has 0 aromatic carbocycles. The van der Waals surface area contributed by atoms with E-state index in [1.165, 1.54) is 0 Å². The summed E-state index contributed by atoms with van der Waals surface area (Å²) in [5, 5.41) is 10.6. The molecule has 0 radical (unpaired) electrons. The summed E-state index contributed by atoms with van der Waals surface area (Å²) in [5.74, 6) is 2.55. The number of nitrogens with zero attached hydrogens (tertiary/aromatic N) is 4. The molecule has 0 saturated carbocycles. The lowest BCUT2D eigenvalue weighted by molar-refractivity contribution is 0.181. The molecule has 0 aliphatic heterocycles. The van der Waals surface area contributed by atoms with Crippen LogP contribution in [0.25, 0.3) is 0 Å². The Hall–Kier alpha value is -1.63. The maximum atomic E-state index is 5.26. The van der Waals surface area contributed by atoms with E-state index in [0.29, 0.717) is 30.9 Å². The zero-order valence-corrected chi connectivity index (χ0v) is 17.0. The second-order valence-electron chi connectivity index (χ2n) is 7.06. The van der Waals surface area contributed by atoms with Crippen LogP contribution in [-0.2, 0) is 6.42 Å². The van der Waals surface area contributed by atoms with Crippen LogP contribution in [0.1, 0.15) is 66.1 Å². The van der Waals surface area contributed by atoms with Crippen LogP contribution < -0.4 is 10.6 Å². The number of hydrogen-bond acceptors (Lipinski definition) is 5. The van der Waals surface area contributed by atoms with E-state index < -0.39 is 0 Å². The first-order chi connectivity index (χ1) is 11.8. The van der Waals surface area contributed by atoms with Gasteiger partial charge in [0.1, 0.15) is 0 Å². The SMILES string of the molecule is CCNC(=NCCN(C(C)C)C(C)C)NCCc1nc(C(C)C)no1. The lowest BCUT2D eigenvalue weighted by Crippen LogP contribution is -2.41. The molecule has 0 atom stereocenters. The van der Waals surface area contributed by atoms with Crippen molar-refractivity contribution < 1.29 is 4.52 Å². The second kappa shape index (κ2) is 11.1. The summed E-state index contributed by atoms with van der Waals surface area (Å²) in [6.45, 7) is 18.3. The Labute approximate surface area is 152 Å². The fourth-order valence-electron chi connectivity index (χ4n) is 2.62. The standard InChI is InChI=1S/C18H36N6O/c1-8-19-18(21-11-12-24(14(4)5)15(6)7)20-10-9-16-22-17(13(2)3)23-25-16/h13-15H,8-12H2,1-7H3,(H2,19,20,21). The fraction of sp³-hybridized carbons (Fsp3) is 0.833. The first-order valence-corrected chi connectivity index (χ1v) is 9.45. The number of hydrogen-bond donors (Lipinski definition) is 2. The second-order valence-corrected chi connectivity index (χ2v) is 7.06. The van der Waals surface area contributed by atoms with Crippen molar-refractivity contribution in [3.05, 3.63) is 11.7 Å². The van der Waals surface area contributed by atoms with Gasteiger partial charge in [0.2, 0.25) is 5.89 Å². The molecule has 1 aromatic heterocycles. The molecule has 0 fully saturated rings. The van der Waals surface area contributed by atoms with Gasteiger partial charge in [-0.1, -0.05) is 19.0 Å². The van der Waals surface area contributed by atoms with E-state index in [1.807, 2.05) is 0 Å². The van der Waals surface area contributed by atoms with Gasteiger partial charge in [-0.05, 0) is 34.6 Å². The quantitative estimate of drug-likeness (QED) is 0.497. The molecule has 7 heteroatoms. The van der Waals surface area contributed by atoms with Crippen LogP contribution in [0.3, 0.4) is 0 Å². The smallest absolute Gasteiger partial charge is 0.228 e. The largest absolute Gasteiger partial charge is 0.357 e. The number of aliphatic imine (C=N–C) groups is 1. The van der Waals surface area contributed by atoms with Crippen molar-refractivity contribution in [3.8, 4) is 0 Å². The molecule has 0 amide bonds. The highest BCUT2D eigenvalue weighted by Crippen LogP contribution is 2.09. The van der Waals surface area contributed by atoms with Gasteiger partial charge in [-0.2, -0.15) is 4.98 Å². The highest BCUT2D eigenvalue weighted by Gasteiger charge is 2.12. The maximum Gasteiger partial charge on any atom is 0.228 e. The van der Waals surface area contributed by atoms with Crippen LogP contribution in [0, 0.1) is 0 Å². The minimum absolute atomic E-state index is 0.286. The Morgan fingerprint density at radius 2 is 1.80 bits per heavy atom. The molecule has 25 heavy (non-hydrogen) atoms. The summed E-state index contributed by atoms with van der Waals surface area (Å²) in [5.41, 5.74) is 0. The first-order valence-electron chi connectivity index (χ1n) is 9.45. The molecule has 0 saturated heterocycles. The fourth-order valence-corrected chi connectivity index (χ4v) is 2.62. The molecule has 0 spiro atoms. The van der Waals surface area contributed by atoms with Gasteiger partial charge in [-0.15, -0.1) is 0 Å². The molecule has 0 aliphatic rings. The zero-order valence-electron chi connectivity index (χ0n) is 17.0. The van der Waals surface area contributed by atoms with Gasteiger partial charge in [-0.25, -0.2) is 0 Å². The first kappa shape index (κ1) is 21.4. The van der Waals surface area contributed by atoms with Gasteiger partial charge in [-0.3, -0.25) is 9.89 Å². The van der Waals surface area contributed by atoms with Crippen molar-refractivity contribution in [3.63, 3.8) is 0 Å². The average molecular weight is 353 g/mol. The van der Waals surface area contributed by atoms with Crippen molar-refractivity contribution in [2.24, 2.45) is 4.99 Å². The van der Waals surface area contributed by atoms with Gasteiger partial charge < -0.3 is 15.2 Å². The Morgan fingerprint density at radius 3 is 2.32 bits per heavy atom. The summed E-state index contributed by atoms with van der Waals surface area (Å²) in [7, 11) is 0. The molecule has 1 heterocycles. The molecule has 2 N–H and O–H groups in total. The van der Waals surface area contributed by atoms with Crippen LogP contribution in [0.2, 0.25) is 0 Å². The molecule has 0 aliphatic carbocycles. The predicted molar refractivity (Wildman–Crippen MR) is 103 cm³/mol. The van der Waals surface area contributed by atoms with Crippen molar-refractivity contribution in [2.45, 2.75) is 72.9 Å². The van der Waals surface area contributed by atoms with Crippen LogP contribution in [0.4, 0.5) is 0 Å². The van der Waals surface area contributed by atoms with Crippen molar-refractivity contribution >= 4 is 5.96 Å². The van der Waals surface area contributed by atoms with E-state index in [1.54, 1.807) is 0 Å². The summed E-state index contributed by atoms with van der Waals surface area (Å²) >= 11 is 0. The van der Waals surface area contributed by atoms with E-state index in [-0.39, 0.29) is 5.92 Å². The summed E-state index contributed by atoms with van der Waals surface area (Å²) in [4.78, 5) is 11.5. The van der Waals surface area contributed by atoms with Gasteiger partial charge in [0.05, 0.1) is 6.54 Å². The maximum absolute atomic E-state index is 5.26. The summed E-state index contributed by atoms with van der Waals surface area (Å²) < 4.78 is 5.26. The average Bonchev–Trinajstić information content (AvgIpc) is 2.99. The Morgan fingerprint density at radius 1 is 1.12 bits per heavy atom. The summed E-state index contributed by atoms with van der Waals surface area (Å²) in [6, 6.07) is 1.05. The van der Waals surface area contributed by atoms with Crippen LogP contribution in [-0.4, -0.2) is 59.3 Å². The number of nitrogens with one attached hydrogen (secondary N) is 2. The number of aromatic nitrogens is 2. The Balaban J connectivity index is 2.46. The summed E-state index contributed by atoms with van der Waals surface area (Å²) in [6.07, 6.45) is 0.689. The van der Waals surface area contributed by atoms with E-state index >= 15 is 0 Å². The monoisotopic (exact) mass is 352 g/mol. The van der Waals surface area contributed by atoms with E-state index in [9.17, 15) is 0 Å². The van der Waals surface area contributed by atoms with Gasteiger partial charge in [0.25, 0.3) is 0 Å². The lowest BCUT2D eigenvalue weighted by Gasteiger charge is -2.29. The molecule has 0 unspecified atom stereocenters. The molecule has 1 rings (SSSR count). The van der Waals surface area contributed by atoms with Crippen LogP contribution >= 0.6 is 0 Å². The topological polar surface area (TPSA) is 78.6 Å². The van der Waals surface area contributed by atoms with Crippen LogP contribution in [0.5, 0.6) is 0 Å². The molecule has 1 aromatic rings. The highest BCUT2D eigenvalue weighted by atomic mass is 16.5. The van der Waals surface area contributed by atoms with Gasteiger partial charge in [0.15, 0.2) is 11.8 Å². The number of rotatable bonds is 10. The van der Waals surface area contributed by atoms with Crippen molar-refractivity contribution in [1.29, 1.82) is 0 Å². The number of guanidine groups is 1. The molecule has 7 nitrogen and oxygen atoms in total. The zero-order chi connectivity index (χ0) is 18.8. The predicted octanol–water partition coefficient (Wildman–Crippen LogP) is 2.41. The van der Waals surface area contributed by atoms with Crippen molar-refractivity contribution in [1.82, 2.24) is 25.7 Å². The lowest BCUT2D eigenvalue weighted by atomic mass is 10.2. The molecule has 144 valence electrons. The normalized spacial score (nSPS) is 12.7. The molecular formula is C18H36N6O. The van der Waals surface area contributed by atoms with Gasteiger partial charge >= 0.3 is 0 Å². The minimum Gasteiger partial charge on any atom is -0.357 e. The Kier molecular flexibility index (Phi) is 9.49. The molecular weight excluding hydrogens is 316 g/mol. The Bertz CT molecular complexity index is 501. The van der Waals surface area contributed by atoms with E-state index in [0.717, 1.165) is 31.4 Å². The van der Waals surface area contributed by atoms with E-state index in [4.69, 9.17) is 4.52 Å².